The highest BCUT2D eigenvalue weighted by molar-refractivity contribution is 5.83. The molecular formula is C17H27N3O4. The topological polar surface area (TPSA) is 91.8 Å². The molecule has 0 radical (unpaired) electrons. The molecule has 1 rings (SSSR count). The van der Waals surface area contributed by atoms with Gasteiger partial charge < -0.3 is 9.84 Å². The lowest BCUT2D eigenvalue weighted by Gasteiger charge is -2.27. The Kier molecular flexibility index (Phi) is 6.71. The van der Waals surface area contributed by atoms with Crippen molar-refractivity contribution < 1.29 is 19.4 Å². The number of nitrogens with one attached hydrogen (secondary N) is 1. The van der Waals surface area contributed by atoms with E-state index in [-0.39, 0.29) is 5.92 Å². The number of anilines is 1. The van der Waals surface area contributed by atoms with Crippen LogP contribution in [0.2, 0.25) is 0 Å². The first-order chi connectivity index (χ1) is 11.0. The number of carbonyl (C=O) groups is 2. The third-order valence-electron chi connectivity index (χ3n) is 3.24. The van der Waals surface area contributed by atoms with E-state index in [0.29, 0.717) is 12.4 Å². The number of pyridine rings is 1. The molecule has 0 saturated carbocycles. The van der Waals surface area contributed by atoms with E-state index in [1.807, 2.05) is 13.8 Å². The van der Waals surface area contributed by atoms with Crippen molar-refractivity contribution in [3.8, 4) is 0 Å². The van der Waals surface area contributed by atoms with Crippen molar-refractivity contribution in [3.05, 3.63) is 23.9 Å². The van der Waals surface area contributed by atoms with Gasteiger partial charge in [0.05, 0.1) is 0 Å². The molecule has 0 saturated heterocycles. The lowest BCUT2D eigenvalue weighted by atomic mass is 10.0. The maximum Gasteiger partial charge on any atom is 0.413 e. The largest absolute Gasteiger partial charge is 0.480 e. The van der Waals surface area contributed by atoms with Crippen LogP contribution in [0.25, 0.3) is 0 Å². The van der Waals surface area contributed by atoms with Gasteiger partial charge in [0.2, 0.25) is 0 Å². The van der Waals surface area contributed by atoms with Crippen molar-refractivity contribution in [2.24, 2.45) is 5.92 Å². The molecule has 0 spiro atoms. The van der Waals surface area contributed by atoms with Crippen molar-refractivity contribution in [2.45, 2.75) is 52.8 Å². The number of carbonyl (C=O) groups excluding carboxylic acids is 1. The van der Waals surface area contributed by atoms with Gasteiger partial charge in [0, 0.05) is 12.7 Å². The molecule has 0 unspecified atom stereocenters. The number of carboxylic acids is 1. The quantitative estimate of drug-likeness (QED) is 0.829. The summed E-state index contributed by atoms with van der Waals surface area (Å²) in [6, 6.07) is 2.91. The molecule has 0 aromatic carbocycles. The number of carboxylic acid groups (broad SMARTS) is 1. The number of nitrogens with zero attached hydrogens (tertiary/aromatic N) is 2. The predicted molar refractivity (Wildman–Crippen MR) is 91.8 cm³/mol. The van der Waals surface area contributed by atoms with Crippen LogP contribution in [0.4, 0.5) is 10.6 Å². The number of likely N-dealkylation sites (N-methyl/N-ethyl adjacent to an activating group) is 1. The standard InChI is InChI=1S/C17H27N3O4/c1-11(2)14(15(21)22)20(6)10-12-7-8-18-13(9-12)19-16(23)24-17(3,4)5/h7-9,11,14H,10H2,1-6H3,(H,21,22)(H,18,19,23)/t14-/m0/s1. The van der Waals surface area contributed by atoms with Crippen molar-refractivity contribution in [1.82, 2.24) is 9.88 Å². The number of aromatic nitrogens is 1. The van der Waals surface area contributed by atoms with Gasteiger partial charge in [0.15, 0.2) is 0 Å². The molecule has 0 aliphatic heterocycles. The van der Waals surface area contributed by atoms with Gasteiger partial charge in [-0.25, -0.2) is 9.78 Å². The van der Waals surface area contributed by atoms with Gasteiger partial charge in [0.25, 0.3) is 0 Å². The van der Waals surface area contributed by atoms with Crippen LogP contribution in [0.3, 0.4) is 0 Å². The van der Waals surface area contributed by atoms with Gasteiger partial charge >= 0.3 is 12.1 Å². The summed E-state index contributed by atoms with van der Waals surface area (Å²) < 4.78 is 5.19. The van der Waals surface area contributed by atoms with Crippen molar-refractivity contribution >= 4 is 17.9 Å². The van der Waals surface area contributed by atoms with Crippen LogP contribution in [0.1, 0.15) is 40.2 Å². The van der Waals surface area contributed by atoms with E-state index in [1.54, 1.807) is 51.0 Å². The summed E-state index contributed by atoms with van der Waals surface area (Å²) in [4.78, 5) is 29.0. The van der Waals surface area contributed by atoms with E-state index in [0.717, 1.165) is 5.56 Å². The molecule has 1 amide bonds. The SMILES string of the molecule is CC(C)[C@@H](C(=O)O)N(C)Cc1ccnc(NC(=O)OC(C)(C)C)c1. The molecule has 1 heterocycles. The monoisotopic (exact) mass is 337 g/mol. The van der Waals surface area contributed by atoms with Gasteiger partial charge in [-0.2, -0.15) is 0 Å². The fourth-order valence-corrected chi connectivity index (χ4v) is 2.42. The van der Waals surface area contributed by atoms with Crippen molar-refractivity contribution in [3.63, 3.8) is 0 Å². The molecule has 0 fully saturated rings. The van der Waals surface area contributed by atoms with E-state index in [2.05, 4.69) is 10.3 Å². The Morgan fingerprint density at radius 2 is 2.00 bits per heavy atom. The van der Waals surface area contributed by atoms with Gasteiger partial charge in [-0.3, -0.25) is 15.0 Å². The van der Waals surface area contributed by atoms with Crippen LogP contribution >= 0.6 is 0 Å². The van der Waals surface area contributed by atoms with Crippen molar-refractivity contribution in [2.75, 3.05) is 12.4 Å². The number of amides is 1. The molecule has 2 N–H and O–H groups in total. The molecule has 1 atom stereocenters. The molecule has 24 heavy (non-hydrogen) atoms. The fraction of sp³-hybridized carbons (Fsp3) is 0.588. The molecule has 7 nitrogen and oxygen atoms in total. The lowest BCUT2D eigenvalue weighted by molar-refractivity contribution is -0.144. The van der Waals surface area contributed by atoms with Gasteiger partial charge in [-0.1, -0.05) is 13.8 Å². The zero-order valence-electron chi connectivity index (χ0n) is 15.2. The Hall–Kier alpha value is -2.15. The second kappa shape index (κ2) is 8.10. The van der Waals surface area contributed by atoms with Gasteiger partial charge in [-0.05, 0) is 51.4 Å². The number of ether oxygens (including phenoxy) is 1. The summed E-state index contributed by atoms with van der Waals surface area (Å²) in [5, 5.41) is 11.9. The summed E-state index contributed by atoms with van der Waals surface area (Å²) in [7, 11) is 1.76. The highest BCUT2D eigenvalue weighted by Gasteiger charge is 2.26. The highest BCUT2D eigenvalue weighted by atomic mass is 16.6. The minimum absolute atomic E-state index is 0.0197. The number of rotatable bonds is 6. The highest BCUT2D eigenvalue weighted by Crippen LogP contribution is 2.16. The maximum absolute atomic E-state index is 11.8. The normalized spacial score (nSPS) is 13.0. The Morgan fingerprint density at radius 3 is 2.50 bits per heavy atom. The molecular weight excluding hydrogens is 310 g/mol. The third-order valence-corrected chi connectivity index (χ3v) is 3.24. The Bertz CT molecular complexity index is 581. The van der Waals surface area contributed by atoms with Crippen LogP contribution < -0.4 is 5.32 Å². The van der Waals surface area contributed by atoms with E-state index in [9.17, 15) is 14.7 Å². The minimum Gasteiger partial charge on any atom is -0.480 e. The smallest absolute Gasteiger partial charge is 0.413 e. The average Bonchev–Trinajstić information content (AvgIpc) is 2.35. The first kappa shape index (κ1) is 19.9. The second-order valence-electron chi connectivity index (χ2n) is 7.12. The summed E-state index contributed by atoms with van der Waals surface area (Å²) in [6.07, 6.45) is 0.993. The molecule has 0 aliphatic rings. The van der Waals surface area contributed by atoms with Crippen LogP contribution in [-0.4, -0.2) is 45.7 Å². The maximum atomic E-state index is 11.8. The molecule has 0 bridgehead atoms. The lowest BCUT2D eigenvalue weighted by Crippen LogP contribution is -2.41. The first-order valence-corrected chi connectivity index (χ1v) is 7.87. The Morgan fingerprint density at radius 1 is 1.38 bits per heavy atom. The zero-order chi connectivity index (χ0) is 18.5. The minimum atomic E-state index is -0.853. The van der Waals surface area contributed by atoms with Crippen LogP contribution in [0.5, 0.6) is 0 Å². The van der Waals surface area contributed by atoms with Crippen LogP contribution in [-0.2, 0) is 16.1 Å². The van der Waals surface area contributed by atoms with E-state index in [1.165, 1.54) is 0 Å². The molecule has 134 valence electrons. The third kappa shape index (κ3) is 6.54. The average molecular weight is 337 g/mol. The summed E-state index contributed by atoms with van der Waals surface area (Å²) in [5.41, 5.74) is 0.263. The van der Waals surface area contributed by atoms with Gasteiger partial charge in [-0.15, -0.1) is 0 Å². The van der Waals surface area contributed by atoms with Crippen LogP contribution in [0.15, 0.2) is 18.3 Å². The number of hydrogen-bond acceptors (Lipinski definition) is 5. The number of hydrogen-bond donors (Lipinski definition) is 2. The predicted octanol–water partition coefficient (Wildman–Crippen LogP) is 2.97. The molecule has 1 aromatic rings. The van der Waals surface area contributed by atoms with Crippen molar-refractivity contribution in [1.29, 1.82) is 0 Å². The first-order valence-electron chi connectivity index (χ1n) is 7.87. The van der Waals surface area contributed by atoms with E-state index in [4.69, 9.17) is 4.74 Å². The fourth-order valence-electron chi connectivity index (χ4n) is 2.42. The molecule has 7 heteroatoms. The summed E-state index contributed by atoms with van der Waals surface area (Å²) >= 11 is 0. The zero-order valence-corrected chi connectivity index (χ0v) is 15.2. The Labute approximate surface area is 143 Å². The molecule has 1 aromatic heterocycles. The molecule has 0 aliphatic carbocycles. The van der Waals surface area contributed by atoms with Crippen LogP contribution in [0, 0.1) is 5.92 Å². The summed E-state index contributed by atoms with van der Waals surface area (Å²) in [5.74, 6) is -0.506. The Balaban J connectivity index is 2.78. The van der Waals surface area contributed by atoms with E-state index < -0.39 is 23.7 Å². The number of aliphatic carboxylic acids is 1. The van der Waals surface area contributed by atoms with E-state index >= 15 is 0 Å². The second-order valence-corrected chi connectivity index (χ2v) is 7.12. The summed E-state index contributed by atoms with van der Waals surface area (Å²) in [6.45, 7) is 9.52. The van der Waals surface area contributed by atoms with Gasteiger partial charge in [0.1, 0.15) is 17.5 Å².